The average molecular weight is 559 g/mol. The van der Waals surface area contributed by atoms with E-state index in [0.29, 0.717) is 11.1 Å². The van der Waals surface area contributed by atoms with E-state index in [9.17, 15) is 9.59 Å². The zero-order valence-electron chi connectivity index (χ0n) is 25.2. The largest absolute Gasteiger partial charge is 0.454 e. The van der Waals surface area contributed by atoms with Crippen molar-refractivity contribution in [2.24, 2.45) is 0 Å². The van der Waals surface area contributed by atoms with Crippen LogP contribution in [0.25, 0.3) is 0 Å². The summed E-state index contributed by atoms with van der Waals surface area (Å²) in [4.78, 5) is 27.3. The first-order chi connectivity index (χ1) is 20.0. The van der Waals surface area contributed by atoms with Crippen molar-refractivity contribution in [3.8, 4) is 0 Å². The normalized spacial score (nSPS) is 20.8. The Bertz CT molecular complexity index is 1580. The van der Waals surface area contributed by atoms with Gasteiger partial charge in [0.2, 0.25) is 0 Å². The molecule has 3 aliphatic rings. The second-order valence-electron chi connectivity index (χ2n) is 13.5. The van der Waals surface area contributed by atoms with E-state index in [1.165, 1.54) is 22.3 Å². The number of ether oxygens (including phenoxy) is 2. The summed E-state index contributed by atoms with van der Waals surface area (Å²) in [6.45, 7) is 13.3. The van der Waals surface area contributed by atoms with Crippen LogP contribution in [0.1, 0.15) is 107 Å². The smallest absolute Gasteiger partial charge is 0.338 e. The maximum absolute atomic E-state index is 13.7. The Hall–Kier alpha value is -4.18. The minimum atomic E-state index is -0.706. The molecule has 0 aromatic heterocycles. The highest BCUT2D eigenvalue weighted by Gasteiger charge is 2.56. The molecular weight excluding hydrogens is 520 g/mol. The third kappa shape index (κ3) is 4.73. The van der Waals surface area contributed by atoms with E-state index in [4.69, 9.17) is 9.47 Å². The Morgan fingerprint density at radius 1 is 0.500 bits per heavy atom. The number of carbonyl (C=O) groups excluding carboxylic acids is 2. The van der Waals surface area contributed by atoms with Crippen LogP contribution in [0.15, 0.2) is 97.1 Å². The van der Waals surface area contributed by atoms with Gasteiger partial charge in [0, 0.05) is 0 Å². The quantitative estimate of drug-likeness (QED) is 0.236. The topological polar surface area (TPSA) is 52.6 Å². The predicted molar refractivity (Wildman–Crippen MR) is 165 cm³/mol. The maximum Gasteiger partial charge on any atom is 0.338 e. The Kier molecular flexibility index (Phi) is 6.84. The fourth-order valence-electron chi connectivity index (χ4n) is 6.89. The van der Waals surface area contributed by atoms with E-state index >= 15 is 0 Å². The summed E-state index contributed by atoms with van der Waals surface area (Å²) in [6.07, 6.45) is -1.40. The Balaban J connectivity index is 1.60. The molecule has 0 fully saturated rings. The second kappa shape index (κ2) is 10.3. The molecular formula is C38H38O4. The van der Waals surface area contributed by atoms with Crippen LogP contribution in [0.5, 0.6) is 0 Å². The number of esters is 2. The van der Waals surface area contributed by atoms with Crippen LogP contribution >= 0.6 is 0 Å². The van der Waals surface area contributed by atoms with Crippen molar-refractivity contribution >= 4 is 11.9 Å². The number of hydrogen-bond donors (Lipinski definition) is 0. The van der Waals surface area contributed by atoms with Crippen LogP contribution in [0.3, 0.4) is 0 Å². The van der Waals surface area contributed by atoms with E-state index in [1.807, 2.05) is 36.4 Å². The lowest BCUT2D eigenvalue weighted by Crippen LogP contribution is -2.52. The minimum Gasteiger partial charge on any atom is -0.454 e. The summed E-state index contributed by atoms with van der Waals surface area (Å²) in [5.74, 6) is -1.42. The van der Waals surface area contributed by atoms with Gasteiger partial charge in [-0.25, -0.2) is 9.59 Å². The highest BCUT2D eigenvalue weighted by Crippen LogP contribution is 2.58. The van der Waals surface area contributed by atoms with E-state index < -0.39 is 24.1 Å². The van der Waals surface area contributed by atoms with Gasteiger partial charge in [0.1, 0.15) is 0 Å². The summed E-state index contributed by atoms with van der Waals surface area (Å²) in [6, 6.07) is 31.0. The number of fused-ring (bicyclic) bond motifs is 1. The molecule has 0 saturated carbocycles. The summed E-state index contributed by atoms with van der Waals surface area (Å²) in [5.41, 5.74) is 7.76. The number of rotatable bonds is 4. The van der Waals surface area contributed by atoms with Gasteiger partial charge in [0.25, 0.3) is 0 Å². The van der Waals surface area contributed by atoms with Gasteiger partial charge in [0.05, 0.1) is 23.0 Å². The zero-order chi connectivity index (χ0) is 29.8. The van der Waals surface area contributed by atoms with Gasteiger partial charge in [0.15, 0.2) is 12.2 Å². The number of hydrogen-bond acceptors (Lipinski definition) is 4. The summed E-state index contributed by atoms with van der Waals surface area (Å²) in [7, 11) is 0. The first-order valence-electron chi connectivity index (χ1n) is 14.8. The van der Waals surface area contributed by atoms with Crippen molar-refractivity contribution in [3.63, 3.8) is 0 Å². The minimum absolute atomic E-state index is 0.149. The van der Waals surface area contributed by atoms with Gasteiger partial charge >= 0.3 is 11.9 Å². The van der Waals surface area contributed by atoms with Crippen LogP contribution in [0.2, 0.25) is 0 Å². The standard InChI is InChI=1S/C38H38O4/c1-37(2,3)27-21-13-19-25-29-26-20-14-22-28(38(4,5)6)31(26)32(30(25)27)34(42-36(40)24-17-11-8-12-18-24)33(29)41-35(39)23-15-9-7-10-16-23/h7-22,29,32-34H,1-6H3. The third-order valence-electron chi connectivity index (χ3n) is 8.67. The Morgan fingerprint density at radius 2 is 0.881 bits per heavy atom. The molecule has 0 spiro atoms. The molecule has 0 N–H and O–H groups in total. The fourth-order valence-corrected chi connectivity index (χ4v) is 6.89. The van der Waals surface area contributed by atoms with Gasteiger partial charge in [-0.2, -0.15) is 0 Å². The van der Waals surface area contributed by atoms with Crippen molar-refractivity contribution in [2.75, 3.05) is 0 Å². The molecule has 42 heavy (non-hydrogen) atoms. The molecule has 4 nitrogen and oxygen atoms in total. The van der Waals surface area contributed by atoms with Crippen molar-refractivity contribution in [3.05, 3.63) is 142 Å². The number of carbonyl (C=O) groups is 2. The first kappa shape index (κ1) is 28.0. The molecule has 2 bridgehead atoms. The third-order valence-corrected chi connectivity index (χ3v) is 8.67. The molecule has 3 aliphatic carbocycles. The summed E-state index contributed by atoms with van der Waals surface area (Å²) >= 11 is 0. The van der Waals surface area contributed by atoms with Crippen LogP contribution in [-0.4, -0.2) is 24.1 Å². The van der Waals surface area contributed by atoms with Gasteiger partial charge in [-0.1, -0.05) is 114 Å². The molecule has 0 radical (unpaired) electrons. The van der Waals surface area contributed by atoms with Crippen LogP contribution in [0.4, 0.5) is 0 Å². The average Bonchev–Trinajstić information content (AvgIpc) is 2.97. The molecule has 2 atom stereocenters. The highest BCUT2D eigenvalue weighted by atomic mass is 16.6. The van der Waals surface area contributed by atoms with E-state index in [1.54, 1.807) is 24.3 Å². The lowest BCUT2D eigenvalue weighted by Gasteiger charge is -2.51. The van der Waals surface area contributed by atoms with Crippen molar-refractivity contribution < 1.29 is 19.1 Å². The van der Waals surface area contributed by atoms with E-state index in [2.05, 4.69) is 77.9 Å². The SMILES string of the molecule is CC(C)(C)c1cccc2c1C1c3c(cccc3C(C)(C)C)C2C(OC(=O)c2ccccc2)C1OC(=O)c1ccccc1. The molecule has 4 aromatic rings. The van der Waals surface area contributed by atoms with Gasteiger partial charge in [-0.05, 0) is 68.5 Å². The van der Waals surface area contributed by atoms with E-state index in [-0.39, 0.29) is 22.7 Å². The van der Waals surface area contributed by atoms with Crippen molar-refractivity contribution in [2.45, 2.75) is 76.4 Å². The molecule has 0 heterocycles. The maximum atomic E-state index is 13.7. The van der Waals surface area contributed by atoms with Crippen molar-refractivity contribution in [1.82, 2.24) is 0 Å². The lowest BCUT2D eigenvalue weighted by atomic mass is 9.56. The fraction of sp³-hybridized carbons (Fsp3) is 0.316. The summed E-state index contributed by atoms with van der Waals surface area (Å²) in [5, 5.41) is 0. The molecule has 4 heteroatoms. The monoisotopic (exact) mass is 558 g/mol. The highest BCUT2D eigenvalue weighted by molar-refractivity contribution is 5.91. The summed E-state index contributed by atoms with van der Waals surface area (Å²) < 4.78 is 12.9. The molecule has 7 rings (SSSR count). The molecule has 0 amide bonds. The first-order valence-corrected chi connectivity index (χ1v) is 14.8. The lowest BCUT2D eigenvalue weighted by molar-refractivity contribution is -0.0562. The molecule has 0 saturated heterocycles. The van der Waals surface area contributed by atoms with Crippen LogP contribution in [-0.2, 0) is 20.3 Å². The van der Waals surface area contributed by atoms with Gasteiger partial charge in [-0.15, -0.1) is 0 Å². The molecule has 0 aliphatic heterocycles. The molecule has 4 aromatic carbocycles. The van der Waals surface area contributed by atoms with Crippen LogP contribution < -0.4 is 0 Å². The van der Waals surface area contributed by atoms with E-state index in [0.717, 1.165) is 11.1 Å². The molecule has 214 valence electrons. The Labute approximate surface area is 248 Å². The van der Waals surface area contributed by atoms with Gasteiger partial charge < -0.3 is 9.47 Å². The Morgan fingerprint density at radius 3 is 1.26 bits per heavy atom. The zero-order valence-corrected chi connectivity index (χ0v) is 25.2. The molecule has 2 unspecified atom stereocenters. The van der Waals surface area contributed by atoms with Crippen molar-refractivity contribution in [1.29, 1.82) is 0 Å². The van der Waals surface area contributed by atoms with Gasteiger partial charge in [-0.3, -0.25) is 0 Å². The second-order valence-corrected chi connectivity index (χ2v) is 13.5. The van der Waals surface area contributed by atoms with Crippen LogP contribution in [0, 0.1) is 0 Å². The predicted octanol–water partition coefficient (Wildman–Crippen LogP) is 8.32. The number of benzene rings is 4.